The molecule has 0 radical (unpaired) electrons. The second-order valence-corrected chi connectivity index (χ2v) is 5.46. The zero-order valence-electron chi connectivity index (χ0n) is 11.3. The summed E-state index contributed by atoms with van der Waals surface area (Å²) in [5.41, 5.74) is 9.26. The fraction of sp³-hybridized carbons (Fsp3) is 0.571. The lowest BCUT2D eigenvalue weighted by molar-refractivity contribution is 0.266. The van der Waals surface area contributed by atoms with Crippen molar-refractivity contribution >= 4 is 11.4 Å². The summed E-state index contributed by atoms with van der Waals surface area (Å²) in [5.74, 6) is 0.710. The molecule has 1 aliphatic rings. The number of rotatable bonds is 2. The van der Waals surface area contributed by atoms with Gasteiger partial charge in [0.25, 0.3) is 0 Å². The Morgan fingerprint density at radius 2 is 2.00 bits per heavy atom. The average molecular weight is 233 g/mol. The molecule has 3 nitrogen and oxygen atoms in total. The minimum atomic E-state index is 0.645. The molecule has 17 heavy (non-hydrogen) atoms. The third-order valence-corrected chi connectivity index (χ3v) is 3.80. The first-order valence-corrected chi connectivity index (χ1v) is 6.26. The molecular formula is C14H23N3. The van der Waals surface area contributed by atoms with Gasteiger partial charge in [0.1, 0.15) is 0 Å². The molecule has 2 rings (SSSR count). The van der Waals surface area contributed by atoms with Crippen LogP contribution in [0.3, 0.4) is 0 Å². The Morgan fingerprint density at radius 1 is 1.29 bits per heavy atom. The number of likely N-dealkylation sites (N-methyl/N-ethyl adjacent to an activating group) is 1. The molecule has 3 heteroatoms. The Labute approximate surface area is 104 Å². The average Bonchev–Trinajstić information content (AvgIpc) is 2.60. The Kier molecular flexibility index (Phi) is 3.29. The van der Waals surface area contributed by atoms with E-state index in [9.17, 15) is 0 Å². The van der Waals surface area contributed by atoms with Crippen molar-refractivity contribution in [2.75, 3.05) is 37.8 Å². The van der Waals surface area contributed by atoms with Crippen molar-refractivity contribution in [3.05, 3.63) is 23.8 Å². The zero-order valence-corrected chi connectivity index (χ0v) is 11.3. The van der Waals surface area contributed by atoms with E-state index in [4.69, 9.17) is 5.73 Å². The van der Waals surface area contributed by atoms with Gasteiger partial charge in [-0.1, -0.05) is 6.92 Å². The predicted octanol–water partition coefficient (Wildman–Crippen LogP) is 1.96. The molecule has 0 aliphatic carbocycles. The molecule has 0 bridgehead atoms. The first kappa shape index (κ1) is 12.2. The minimum absolute atomic E-state index is 0.645. The van der Waals surface area contributed by atoms with Crippen LogP contribution in [0.15, 0.2) is 18.2 Å². The topological polar surface area (TPSA) is 32.5 Å². The maximum atomic E-state index is 5.80. The fourth-order valence-electron chi connectivity index (χ4n) is 2.85. The monoisotopic (exact) mass is 233 g/mol. The molecule has 2 atom stereocenters. The van der Waals surface area contributed by atoms with Crippen LogP contribution in [0, 0.1) is 12.8 Å². The molecule has 0 aromatic heterocycles. The second-order valence-electron chi connectivity index (χ2n) is 5.46. The standard InChI is InChI=1S/C14H23N3/c1-10-7-12(15)5-6-13(10)17-8-11(2)14(9-17)16(3)4/h5-7,11,14H,8-9,15H2,1-4H3. The van der Waals surface area contributed by atoms with Gasteiger partial charge in [0.2, 0.25) is 0 Å². The SMILES string of the molecule is Cc1cc(N)ccc1N1CC(C)C(N(C)C)C1. The predicted molar refractivity (Wildman–Crippen MR) is 74.4 cm³/mol. The van der Waals surface area contributed by atoms with Gasteiger partial charge in [-0.25, -0.2) is 0 Å². The molecule has 1 aliphatic heterocycles. The third-order valence-electron chi connectivity index (χ3n) is 3.80. The molecule has 0 spiro atoms. The number of nitrogen functional groups attached to an aromatic ring is 1. The Hall–Kier alpha value is -1.22. The first-order chi connectivity index (χ1) is 7.99. The van der Waals surface area contributed by atoms with Crippen molar-refractivity contribution in [2.24, 2.45) is 5.92 Å². The quantitative estimate of drug-likeness (QED) is 0.793. The highest BCUT2D eigenvalue weighted by Crippen LogP contribution is 2.29. The van der Waals surface area contributed by atoms with Crippen molar-refractivity contribution < 1.29 is 0 Å². The van der Waals surface area contributed by atoms with Crippen LogP contribution in [0.25, 0.3) is 0 Å². The lowest BCUT2D eigenvalue weighted by Gasteiger charge is -2.24. The van der Waals surface area contributed by atoms with Crippen LogP contribution in [-0.4, -0.2) is 38.1 Å². The maximum absolute atomic E-state index is 5.80. The molecule has 0 saturated carbocycles. The van der Waals surface area contributed by atoms with Crippen molar-refractivity contribution in [3.8, 4) is 0 Å². The van der Waals surface area contributed by atoms with E-state index >= 15 is 0 Å². The summed E-state index contributed by atoms with van der Waals surface area (Å²) in [4.78, 5) is 4.81. The number of nitrogens with two attached hydrogens (primary N) is 1. The van der Waals surface area contributed by atoms with Crippen LogP contribution in [0.5, 0.6) is 0 Å². The van der Waals surface area contributed by atoms with Gasteiger partial charge < -0.3 is 15.5 Å². The molecule has 1 aromatic carbocycles. The molecule has 2 N–H and O–H groups in total. The first-order valence-electron chi connectivity index (χ1n) is 6.26. The molecular weight excluding hydrogens is 210 g/mol. The summed E-state index contributed by atoms with van der Waals surface area (Å²) in [6.45, 7) is 6.71. The lowest BCUT2D eigenvalue weighted by atomic mass is 10.1. The van der Waals surface area contributed by atoms with Crippen LogP contribution in [0.1, 0.15) is 12.5 Å². The molecule has 1 heterocycles. The highest BCUT2D eigenvalue weighted by Gasteiger charge is 2.31. The van der Waals surface area contributed by atoms with Gasteiger partial charge in [-0.05, 0) is 50.7 Å². The smallest absolute Gasteiger partial charge is 0.0398 e. The molecule has 1 fully saturated rings. The fourth-order valence-corrected chi connectivity index (χ4v) is 2.85. The highest BCUT2D eigenvalue weighted by molar-refractivity contribution is 5.59. The summed E-state index contributed by atoms with van der Waals surface area (Å²) >= 11 is 0. The van der Waals surface area contributed by atoms with Crippen molar-refractivity contribution in [2.45, 2.75) is 19.9 Å². The van der Waals surface area contributed by atoms with Crippen LogP contribution < -0.4 is 10.6 Å². The second kappa shape index (κ2) is 4.57. The van der Waals surface area contributed by atoms with E-state index in [-0.39, 0.29) is 0 Å². The number of hydrogen-bond donors (Lipinski definition) is 1. The normalized spacial score (nSPS) is 24.6. The van der Waals surface area contributed by atoms with Crippen LogP contribution in [-0.2, 0) is 0 Å². The molecule has 94 valence electrons. The van der Waals surface area contributed by atoms with Crippen LogP contribution in [0.2, 0.25) is 0 Å². The van der Waals surface area contributed by atoms with E-state index in [1.54, 1.807) is 0 Å². The van der Waals surface area contributed by atoms with Gasteiger partial charge >= 0.3 is 0 Å². The van der Waals surface area contributed by atoms with E-state index in [2.05, 4.69) is 49.9 Å². The van der Waals surface area contributed by atoms with E-state index in [0.29, 0.717) is 12.0 Å². The highest BCUT2D eigenvalue weighted by atomic mass is 15.2. The zero-order chi connectivity index (χ0) is 12.6. The Morgan fingerprint density at radius 3 is 2.53 bits per heavy atom. The molecule has 1 saturated heterocycles. The number of anilines is 2. The van der Waals surface area contributed by atoms with E-state index < -0.39 is 0 Å². The van der Waals surface area contributed by atoms with Gasteiger partial charge in [0.05, 0.1) is 0 Å². The number of benzene rings is 1. The lowest BCUT2D eigenvalue weighted by Crippen LogP contribution is -2.34. The van der Waals surface area contributed by atoms with Crippen LogP contribution >= 0.6 is 0 Å². The van der Waals surface area contributed by atoms with E-state index in [1.807, 2.05) is 6.07 Å². The largest absolute Gasteiger partial charge is 0.399 e. The van der Waals surface area contributed by atoms with E-state index in [0.717, 1.165) is 18.8 Å². The minimum Gasteiger partial charge on any atom is -0.399 e. The van der Waals surface area contributed by atoms with E-state index in [1.165, 1.54) is 11.3 Å². The van der Waals surface area contributed by atoms with Gasteiger partial charge in [-0.15, -0.1) is 0 Å². The summed E-state index contributed by atoms with van der Waals surface area (Å²) in [6, 6.07) is 6.85. The molecule has 2 unspecified atom stereocenters. The van der Waals surface area contributed by atoms with Crippen molar-refractivity contribution in [3.63, 3.8) is 0 Å². The Bertz CT molecular complexity index is 400. The summed E-state index contributed by atoms with van der Waals surface area (Å²) in [6.07, 6.45) is 0. The van der Waals surface area contributed by atoms with Gasteiger partial charge in [-0.3, -0.25) is 0 Å². The van der Waals surface area contributed by atoms with Gasteiger partial charge in [-0.2, -0.15) is 0 Å². The number of nitrogens with zero attached hydrogens (tertiary/aromatic N) is 2. The Balaban J connectivity index is 2.19. The number of hydrogen-bond acceptors (Lipinski definition) is 3. The van der Waals surface area contributed by atoms with Crippen molar-refractivity contribution in [1.29, 1.82) is 0 Å². The maximum Gasteiger partial charge on any atom is 0.0398 e. The third kappa shape index (κ3) is 2.39. The molecule has 1 aromatic rings. The number of aryl methyl sites for hydroxylation is 1. The van der Waals surface area contributed by atoms with Crippen molar-refractivity contribution in [1.82, 2.24) is 4.90 Å². The summed E-state index contributed by atoms with van der Waals surface area (Å²) in [7, 11) is 4.33. The summed E-state index contributed by atoms with van der Waals surface area (Å²) < 4.78 is 0. The van der Waals surface area contributed by atoms with Crippen LogP contribution in [0.4, 0.5) is 11.4 Å². The summed E-state index contributed by atoms with van der Waals surface area (Å²) in [5, 5.41) is 0. The molecule has 0 amide bonds. The van der Waals surface area contributed by atoms with Gasteiger partial charge in [0.15, 0.2) is 0 Å². The van der Waals surface area contributed by atoms with Gasteiger partial charge in [0, 0.05) is 30.5 Å².